The van der Waals surface area contributed by atoms with Crippen LogP contribution in [0, 0.1) is 40.4 Å². The first kappa shape index (κ1) is 25.8. The molecule has 34 heavy (non-hydrogen) atoms. The van der Waals surface area contributed by atoms with Gasteiger partial charge in [-0.2, -0.15) is 0 Å². The lowest BCUT2D eigenvalue weighted by atomic mass is 9.44. The lowest BCUT2D eigenvalue weighted by molar-refractivity contribution is -0.162. The number of hydrogen-bond donors (Lipinski definition) is 1. The molecule has 0 aromatic carbocycles. The van der Waals surface area contributed by atoms with Crippen LogP contribution >= 0.6 is 0 Å². The quantitative estimate of drug-likeness (QED) is 0.534. The van der Waals surface area contributed by atoms with Crippen molar-refractivity contribution in [3.63, 3.8) is 0 Å². The normalized spacial score (nSPS) is 41.5. The molecular weight excluding hydrogens is 430 g/mol. The summed E-state index contributed by atoms with van der Waals surface area (Å²) in [5, 5.41) is 10.2. The van der Waals surface area contributed by atoms with Crippen molar-refractivity contribution < 1.29 is 24.2 Å². The van der Waals surface area contributed by atoms with E-state index in [0.717, 1.165) is 58.0 Å². The summed E-state index contributed by atoms with van der Waals surface area (Å²) in [7, 11) is 0. The highest BCUT2D eigenvalue weighted by Crippen LogP contribution is 2.66. The van der Waals surface area contributed by atoms with Crippen molar-refractivity contribution in [3.05, 3.63) is 0 Å². The van der Waals surface area contributed by atoms with Crippen molar-refractivity contribution in [2.45, 2.75) is 91.6 Å². The number of carbonyl (C=O) groups is 3. The second-order valence-corrected chi connectivity index (χ2v) is 12.1. The van der Waals surface area contributed by atoms with E-state index in [1.807, 2.05) is 18.7 Å². The van der Waals surface area contributed by atoms with Crippen molar-refractivity contribution >= 4 is 17.5 Å². The van der Waals surface area contributed by atoms with E-state index in [0.29, 0.717) is 30.0 Å². The molecule has 0 heterocycles. The lowest BCUT2D eigenvalue weighted by Gasteiger charge is -2.59. The average Bonchev–Trinajstić information content (AvgIpc) is 3.14. The molecule has 6 nitrogen and oxygen atoms in total. The molecule has 0 saturated heterocycles. The van der Waals surface area contributed by atoms with Gasteiger partial charge in [0.15, 0.2) is 0 Å². The summed E-state index contributed by atoms with van der Waals surface area (Å²) in [6.45, 7) is 10.5. The van der Waals surface area contributed by atoms with Crippen LogP contribution < -0.4 is 0 Å². The van der Waals surface area contributed by atoms with Gasteiger partial charge < -0.3 is 9.84 Å². The SMILES string of the molecule is CCN(CC)CC(=O)OCCC(=O)[C@H]1CC[C@H]2[C@@H]3CC[C@H]4C[C@H](O)CC[C@]4(C)[C@H]3C(=O)C[C@]12C. The summed E-state index contributed by atoms with van der Waals surface area (Å²) >= 11 is 0. The van der Waals surface area contributed by atoms with E-state index in [-0.39, 0.29) is 60.1 Å². The second-order valence-electron chi connectivity index (χ2n) is 12.1. The van der Waals surface area contributed by atoms with Crippen molar-refractivity contribution in [1.82, 2.24) is 4.90 Å². The lowest BCUT2D eigenvalue weighted by Crippen LogP contribution is -2.58. The summed E-state index contributed by atoms with van der Waals surface area (Å²) in [4.78, 5) is 41.1. The fourth-order valence-electron chi connectivity index (χ4n) is 8.69. The Morgan fingerprint density at radius 2 is 1.79 bits per heavy atom. The minimum Gasteiger partial charge on any atom is -0.464 e. The van der Waals surface area contributed by atoms with Gasteiger partial charge in [-0.3, -0.25) is 19.3 Å². The molecule has 0 radical (unpaired) electrons. The van der Waals surface area contributed by atoms with Gasteiger partial charge in [0.1, 0.15) is 11.6 Å². The highest BCUT2D eigenvalue weighted by molar-refractivity contribution is 5.88. The number of rotatable bonds is 8. The molecular formula is C28H45NO5. The number of hydrogen-bond acceptors (Lipinski definition) is 6. The Labute approximate surface area is 205 Å². The Morgan fingerprint density at radius 1 is 1.06 bits per heavy atom. The van der Waals surface area contributed by atoms with Crippen LogP contribution in [0.3, 0.4) is 0 Å². The van der Waals surface area contributed by atoms with Gasteiger partial charge in [0, 0.05) is 24.7 Å². The van der Waals surface area contributed by atoms with E-state index in [2.05, 4.69) is 13.8 Å². The van der Waals surface area contributed by atoms with Crippen LogP contribution in [0.2, 0.25) is 0 Å². The molecule has 0 bridgehead atoms. The number of carbonyl (C=O) groups excluding carboxylic acids is 3. The van der Waals surface area contributed by atoms with E-state index in [1.54, 1.807) is 0 Å². The molecule has 1 N–H and O–H groups in total. The topological polar surface area (TPSA) is 83.9 Å². The van der Waals surface area contributed by atoms with Crippen LogP contribution in [0.15, 0.2) is 0 Å². The summed E-state index contributed by atoms with van der Waals surface area (Å²) in [6.07, 6.45) is 7.13. The third kappa shape index (κ3) is 4.50. The van der Waals surface area contributed by atoms with E-state index < -0.39 is 0 Å². The number of esters is 1. The number of aliphatic hydroxyl groups excluding tert-OH is 1. The van der Waals surface area contributed by atoms with Crippen molar-refractivity contribution in [1.29, 1.82) is 0 Å². The van der Waals surface area contributed by atoms with Crippen LogP contribution in [-0.2, 0) is 19.1 Å². The minimum atomic E-state index is -0.273. The van der Waals surface area contributed by atoms with Gasteiger partial charge in [-0.15, -0.1) is 0 Å². The third-order valence-corrected chi connectivity index (χ3v) is 10.6. The molecule has 0 unspecified atom stereocenters. The van der Waals surface area contributed by atoms with Crippen molar-refractivity contribution in [3.8, 4) is 0 Å². The second kappa shape index (κ2) is 10.0. The molecule has 0 aliphatic heterocycles. The first-order chi connectivity index (χ1) is 16.1. The van der Waals surface area contributed by atoms with E-state index in [1.165, 1.54) is 0 Å². The molecule has 0 aromatic rings. The molecule has 0 amide bonds. The number of likely N-dealkylation sites (N-methyl/N-ethyl adjacent to an activating group) is 1. The van der Waals surface area contributed by atoms with Gasteiger partial charge in [-0.25, -0.2) is 0 Å². The standard InChI is InChI=1S/C28H45NO5/c1-5-29(6-2)17-25(33)34-14-12-23(31)22-10-9-21-20-8-7-18-15-19(30)11-13-27(18,3)26(20)24(32)16-28(21,22)4/h18-22,26,30H,5-17H2,1-4H3/t18-,19+,20-,21-,22+,26+,27-,28-/m0/s1. The number of nitrogens with zero attached hydrogens (tertiary/aromatic N) is 1. The summed E-state index contributed by atoms with van der Waals surface area (Å²) in [5.41, 5.74) is -0.264. The fourth-order valence-corrected chi connectivity index (χ4v) is 8.69. The molecule has 4 saturated carbocycles. The Morgan fingerprint density at radius 3 is 2.50 bits per heavy atom. The molecule has 0 aromatic heterocycles. The number of ketones is 2. The molecule has 192 valence electrons. The van der Waals surface area contributed by atoms with E-state index in [9.17, 15) is 19.5 Å². The van der Waals surface area contributed by atoms with Gasteiger partial charge in [0.2, 0.25) is 0 Å². The molecule has 4 aliphatic rings. The first-order valence-electron chi connectivity index (χ1n) is 13.8. The molecule has 4 fully saturated rings. The maximum atomic E-state index is 13.7. The van der Waals surface area contributed by atoms with Gasteiger partial charge in [-0.05, 0) is 86.6 Å². The van der Waals surface area contributed by atoms with Crippen LogP contribution in [0.4, 0.5) is 0 Å². The van der Waals surface area contributed by atoms with Gasteiger partial charge in [0.05, 0.1) is 19.3 Å². The predicted molar refractivity (Wildman–Crippen MR) is 130 cm³/mol. The van der Waals surface area contributed by atoms with Crippen LogP contribution in [0.1, 0.15) is 85.5 Å². The predicted octanol–water partition coefficient (Wildman–Crippen LogP) is 4.03. The molecule has 4 aliphatic carbocycles. The van der Waals surface area contributed by atoms with Crippen molar-refractivity contribution in [2.24, 2.45) is 40.4 Å². The van der Waals surface area contributed by atoms with Crippen LogP contribution in [-0.4, -0.2) is 59.9 Å². The zero-order valence-electron chi connectivity index (χ0n) is 21.7. The molecule has 8 atom stereocenters. The maximum absolute atomic E-state index is 13.7. The Kier molecular flexibility index (Phi) is 7.59. The number of aliphatic hydroxyl groups is 1. The van der Waals surface area contributed by atoms with Gasteiger partial charge in [0.25, 0.3) is 0 Å². The zero-order valence-corrected chi connectivity index (χ0v) is 21.7. The molecule has 0 spiro atoms. The maximum Gasteiger partial charge on any atom is 0.320 e. The highest BCUT2D eigenvalue weighted by atomic mass is 16.5. The summed E-state index contributed by atoms with van der Waals surface area (Å²) < 4.78 is 5.37. The van der Waals surface area contributed by atoms with Gasteiger partial charge >= 0.3 is 5.97 Å². The zero-order chi connectivity index (χ0) is 24.7. The van der Waals surface area contributed by atoms with Crippen molar-refractivity contribution in [2.75, 3.05) is 26.2 Å². The summed E-state index contributed by atoms with van der Waals surface area (Å²) in [5.74, 6) is 1.45. The number of Topliss-reactive ketones (excluding diaryl/α,β-unsaturated/α-hetero) is 2. The van der Waals surface area contributed by atoms with Gasteiger partial charge in [-0.1, -0.05) is 27.7 Å². The van der Waals surface area contributed by atoms with Crippen LogP contribution in [0.5, 0.6) is 0 Å². The molecule has 6 heteroatoms. The largest absolute Gasteiger partial charge is 0.464 e. The highest BCUT2D eigenvalue weighted by Gasteiger charge is 2.63. The minimum absolute atomic E-state index is 0.00170. The smallest absolute Gasteiger partial charge is 0.320 e. The number of ether oxygens (including phenoxy) is 1. The Bertz CT molecular complexity index is 794. The van der Waals surface area contributed by atoms with Crippen LogP contribution in [0.25, 0.3) is 0 Å². The monoisotopic (exact) mass is 475 g/mol. The summed E-state index contributed by atoms with van der Waals surface area (Å²) in [6, 6.07) is 0. The van der Waals surface area contributed by atoms with E-state index >= 15 is 0 Å². The van der Waals surface area contributed by atoms with E-state index in [4.69, 9.17) is 4.74 Å². The molecule has 4 rings (SSSR count). The average molecular weight is 476 g/mol. The third-order valence-electron chi connectivity index (χ3n) is 10.6. The first-order valence-corrected chi connectivity index (χ1v) is 13.8. The number of fused-ring (bicyclic) bond motifs is 5. The Hall–Kier alpha value is -1.27. The fraction of sp³-hybridized carbons (Fsp3) is 0.893. The Balaban J connectivity index is 1.39.